The van der Waals surface area contributed by atoms with E-state index in [0.29, 0.717) is 29.8 Å². The third-order valence-corrected chi connectivity index (χ3v) is 5.52. The monoisotopic (exact) mass is 311 g/mol. The number of sulfonamides is 1. The molecule has 120 valence electrons. The van der Waals surface area contributed by atoms with Crippen LogP contribution in [0.2, 0.25) is 0 Å². The first kappa shape index (κ1) is 18.2. The average Bonchev–Trinajstić information content (AvgIpc) is 2.31. The third-order valence-electron chi connectivity index (χ3n) is 3.55. The van der Waals surface area contributed by atoms with Crippen LogP contribution in [0.1, 0.15) is 44.4 Å². The van der Waals surface area contributed by atoms with Crippen molar-refractivity contribution in [1.29, 1.82) is 0 Å². The first-order chi connectivity index (χ1) is 9.55. The molecular formula is C17H29NO2S. The molecule has 0 unspecified atom stereocenters. The number of nitrogens with zero attached hydrogens (tertiary/aromatic N) is 1. The van der Waals surface area contributed by atoms with E-state index in [1.165, 1.54) is 0 Å². The molecule has 0 spiro atoms. The molecule has 1 aromatic carbocycles. The van der Waals surface area contributed by atoms with Gasteiger partial charge in [-0.1, -0.05) is 33.8 Å². The van der Waals surface area contributed by atoms with Crippen LogP contribution in [-0.2, 0) is 10.0 Å². The fraction of sp³-hybridized carbons (Fsp3) is 0.647. The normalized spacial score (nSPS) is 12.7. The van der Waals surface area contributed by atoms with E-state index in [0.717, 1.165) is 16.7 Å². The molecule has 0 aliphatic rings. The quantitative estimate of drug-likeness (QED) is 0.798. The van der Waals surface area contributed by atoms with Gasteiger partial charge in [-0.05, 0) is 55.4 Å². The van der Waals surface area contributed by atoms with Gasteiger partial charge in [0.05, 0.1) is 4.90 Å². The minimum Gasteiger partial charge on any atom is -0.207 e. The van der Waals surface area contributed by atoms with Crippen molar-refractivity contribution >= 4 is 10.0 Å². The summed E-state index contributed by atoms with van der Waals surface area (Å²) < 4.78 is 27.7. The number of hydrogen-bond acceptors (Lipinski definition) is 2. The van der Waals surface area contributed by atoms with Crippen molar-refractivity contribution in [2.24, 2.45) is 11.8 Å². The number of hydrogen-bond donors (Lipinski definition) is 0. The van der Waals surface area contributed by atoms with Crippen molar-refractivity contribution in [3.8, 4) is 0 Å². The van der Waals surface area contributed by atoms with Gasteiger partial charge in [-0.15, -0.1) is 0 Å². The van der Waals surface area contributed by atoms with Crippen molar-refractivity contribution in [2.75, 3.05) is 13.1 Å². The summed E-state index contributed by atoms with van der Waals surface area (Å²) in [5, 5.41) is 0. The smallest absolute Gasteiger partial charge is 0.207 e. The van der Waals surface area contributed by atoms with E-state index >= 15 is 0 Å². The van der Waals surface area contributed by atoms with E-state index in [9.17, 15) is 8.42 Å². The molecule has 0 aliphatic heterocycles. The molecule has 0 N–H and O–H groups in total. The van der Waals surface area contributed by atoms with E-state index in [4.69, 9.17) is 0 Å². The summed E-state index contributed by atoms with van der Waals surface area (Å²) in [6, 6.07) is 3.78. The highest BCUT2D eigenvalue weighted by atomic mass is 32.2. The molecule has 4 heteroatoms. The van der Waals surface area contributed by atoms with Crippen LogP contribution in [0.15, 0.2) is 17.0 Å². The Bertz CT molecular complexity index is 579. The molecule has 0 aliphatic carbocycles. The van der Waals surface area contributed by atoms with Gasteiger partial charge in [0.25, 0.3) is 0 Å². The lowest BCUT2D eigenvalue weighted by molar-refractivity contribution is 0.333. The Morgan fingerprint density at radius 1 is 0.857 bits per heavy atom. The molecule has 0 fully saturated rings. The Morgan fingerprint density at radius 2 is 1.29 bits per heavy atom. The number of benzene rings is 1. The van der Waals surface area contributed by atoms with Crippen LogP contribution in [-0.4, -0.2) is 25.8 Å². The fourth-order valence-electron chi connectivity index (χ4n) is 2.44. The van der Waals surface area contributed by atoms with Gasteiger partial charge >= 0.3 is 0 Å². The lowest BCUT2D eigenvalue weighted by atomic mass is 10.1. The first-order valence-corrected chi connectivity index (χ1v) is 9.07. The standard InChI is InChI=1S/C17H29NO2S/c1-12(2)10-18(11-13(3)4)21(19,20)17-9-15(6)14(5)8-16(17)7/h8-9,12-13H,10-11H2,1-7H3. The Morgan fingerprint density at radius 3 is 1.71 bits per heavy atom. The van der Waals surface area contributed by atoms with Crippen LogP contribution < -0.4 is 0 Å². The largest absolute Gasteiger partial charge is 0.243 e. The molecule has 0 amide bonds. The molecule has 0 saturated heterocycles. The van der Waals surface area contributed by atoms with Crippen molar-refractivity contribution in [3.05, 3.63) is 28.8 Å². The molecule has 21 heavy (non-hydrogen) atoms. The Kier molecular flexibility index (Phi) is 6.00. The molecule has 0 bridgehead atoms. The van der Waals surface area contributed by atoms with Gasteiger partial charge < -0.3 is 0 Å². The maximum atomic E-state index is 13.0. The summed E-state index contributed by atoms with van der Waals surface area (Å²) in [5.74, 6) is 0.621. The molecule has 0 atom stereocenters. The third kappa shape index (κ3) is 4.55. The van der Waals surface area contributed by atoms with Gasteiger partial charge in [0, 0.05) is 13.1 Å². The van der Waals surface area contributed by atoms with Gasteiger partial charge in [-0.25, -0.2) is 8.42 Å². The summed E-state index contributed by atoms with van der Waals surface area (Å²) in [5.41, 5.74) is 2.98. The predicted octanol–water partition coefficient (Wildman–Crippen LogP) is 3.91. The van der Waals surface area contributed by atoms with Crippen molar-refractivity contribution in [1.82, 2.24) is 4.31 Å². The second-order valence-corrected chi connectivity index (χ2v) is 8.72. The zero-order valence-corrected chi connectivity index (χ0v) is 15.2. The van der Waals surface area contributed by atoms with E-state index in [1.54, 1.807) is 4.31 Å². The number of aryl methyl sites for hydroxylation is 3. The highest BCUT2D eigenvalue weighted by Crippen LogP contribution is 2.24. The molecular weight excluding hydrogens is 282 g/mol. The van der Waals surface area contributed by atoms with Gasteiger partial charge in [-0.3, -0.25) is 0 Å². The molecule has 3 nitrogen and oxygen atoms in total. The summed E-state index contributed by atoms with van der Waals surface area (Å²) >= 11 is 0. The van der Waals surface area contributed by atoms with E-state index in [2.05, 4.69) is 27.7 Å². The second-order valence-electron chi connectivity index (χ2n) is 6.81. The van der Waals surface area contributed by atoms with Crippen LogP contribution in [0.25, 0.3) is 0 Å². The van der Waals surface area contributed by atoms with Crippen molar-refractivity contribution < 1.29 is 8.42 Å². The Labute approximate surface area is 130 Å². The van der Waals surface area contributed by atoms with E-state index in [1.807, 2.05) is 32.9 Å². The minimum absolute atomic E-state index is 0.311. The van der Waals surface area contributed by atoms with Crippen molar-refractivity contribution in [2.45, 2.75) is 53.4 Å². The highest BCUT2D eigenvalue weighted by molar-refractivity contribution is 7.89. The summed E-state index contributed by atoms with van der Waals surface area (Å²) in [4.78, 5) is 0.451. The average molecular weight is 311 g/mol. The summed E-state index contributed by atoms with van der Waals surface area (Å²) in [7, 11) is -3.43. The molecule has 1 aromatic rings. The minimum atomic E-state index is -3.43. The Hall–Kier alpha value is -0.870. The van der Waals surface area contributed by atoms with Crippen LogP contribution in [0.5, 0.6) is 0 Å². The van der Waals surface area contributed by atoms with Crippen LogP contribution in [0, 0.1) is 32.6 Å². The lowest BCUT2D eigenvalue weighted by Crippen LogP contribution is -2.37. The molecule has 0 saturated carbocycles. The van der Waals surface area contributed by atoms with Crippen LogP contribution >= 0.6 is 0 Å². The maximum Gasteiger partial charge on any atom is 0.243 e. The molecule has 1 rings (SSSR count). The highest BCUT2D eigenvalue weighted by Gasteiger charge is 2.27. The second kappa shape index (κ2) is 6.93. The summed E-state index contributed by atoms with van der Waals surface area (Å²) in [6.07, 6.45) is 0. The molecule has 0 radical (unpaired) electrons. The summed E-state index contributed by atoms with van der Waals surface area (Å²) in [6.45, 7) is 15.2. The topological polar surface area (TPSA) is 37.4 Å². The van der Waals surface area contributed by atoms with Gasteiger partial charge in [-0.2, -0.15) is 4.31 Å². The molecule has 0 aromatic heterocycles. The lowest BCUT2D eigenvalue weighted by Gasteiger charge is -2.26. The maximum absolute atomic E-state index is 13.0. The van der Waals surface area contributed by atoms with E-state index < -0.39 is 10.0 Å². The zero-order valence-electron chi connectivity index (χ0n) is 14.4. The SMILES string of the molecule is Cc1cc(C)c(S(=O)(=O)N(CC(C)C)CC(C)C)cc1C. The first-order valence-electron chi connectivity index (χ1n) is 7.63. The molecule has 0 heterocycles. The zero-order chi connectivity index (χ0) is 16.4. The van der Waals surface area contributed by atoms with Gasteiger partial charge in [0.2, 0.25) is 10.0 Å². The predicted molar refractivity (Wildman–Crippen MR) is 89.1 cm³/mol. The van der Waals surface area contributed by atoms with Crippen molar-refractivity contribution in [3.63, 3.8) is 0 Å². The Balaban J connectivity index is 3.31. The van der Waals surface area contributed by atoms with E-state index in [-0.39, 0.29) is 0 Å². The van der Waals surface area contributed by atoms with Gasteiger partial charge in [0.1, 0.15) is 0 Å². The van der Waals surface area contributed by atoms with Crippen LogP contribution in [0.4, 0.5) is 0 Å². The van der Waals surface area contributed by atoms with Gasteiger partial charge in [0.15, 0.2) is 0 Å². The number of rotatable bonds is 6. The fourth-order valence-corrected chi connectivity index (χ4v) is 4.49. The van der Waals surface area contributed by atoms with Crippen LogP contribution in [0.3, 0.4) is 0 Å².